The molecule has 1 N–H and O–H groups in total. The number of benzene rings is 1. The second-order valence-corrected chi connectivity index (χ2v) is 4.92. The van der Waals surface area contributed by atoms with Crippen molar-refractivity contribution in [2.75, 3.05) is 19.6 Å². The number of hydrazone groups is 1. The van der Waals surface area contributed by atoms with E-state index in [1.54, 1.807) is 0 Å². The van der Waals surface area contributed by atoms with Gasteiger partial charge in [0.25, 0.3) is 5.91 Å². The van der Waals surface area contributed by atoms with Gasteiger partial charge < -0.3 is 4.90 Å². The fourth-order valence-electron chi connectivity index (χ4n) is 2.14. The van der Waals surface area contributed by atoms with Gasteiger partial charge in [0.15, 0.2) is 0 Å². The van der Waals surface area contributed by atoms with E-state index in [1.165, 1.54) is 0 Å². The Hall–Kier alpha value is -1.68. The molecule has 1 heterocycles. The molecule has 1 fully saturated rings. The smallest absolute Gasteiger partial charge is 0.271 e. The summed E-state index contributed by atoms with van der Waals surface area (Å²) in [4.78, 5) is 14.3. The Balaban J connectivity index is 1.88. The van der Waals surface area contributed by atoms with Crippen LogP contribution in [-0.4, -0.2) is 36.2 Å². The van der Waals surface area contributed by atoms with E-state index in [0.717, 1.165) is 43.8 Å². The normalized spacial score (nSPS) is 16.2. The Morgan fingerprint density at radius 2 is 1.89 bits per heavy atom. The number of piperidine rings is 1. The van der Waals surface area contributed by atoms with Crippen molar-refractivity contribution in [3.63, 3.8) is 0 Å². The molecule has 1 amide bonds. The van der Waals surface area contributed by atoms with E-state index in [4.69, 9.17) is 0 Å². The van der Waals surface area contributed by atoms with Crippen molar-refractivity contribution in [3.8, 4) is 0 Å². The molecule has 1 saturated heterocycles. The zero-order valence-corrected chi connectivity index (χ0v) is 11.6. The topological polar surface area (TPSA) is 44.7 Å². The maximum Gasteiger partial charge on any atom is 0.271 e. The van der Waals surface area contributed by atoms with E-state index in [1.807, 2.05) is 31.2 Å². The molecule has 0 saturated carbocycles. The molecule has 1 aliphatic heterocycles. The van der Waals surface area contributed by atoms with Crippen LogP contribution in [0, 0.1) is 6.92 Å². The molecule has 4 heteroatoms. The lowest BCUT2D eigenvalue weighted by Crippen LogP contribution is -2.34. The number of carbonyl (C=O) groups excluding carboxylic acids is 1. The minimum absolute atomic E-state index is 0.134. The van der Waals surface area contributed by atoms with Gasteiger partial charge in [-0.3, -0.25) is 4.79 Å². The van der Waals surface area contributed by atoms with Crippen LogP contribution in [0.3, 0.4) is 0 Å². The number of amides is 1. The average Bonchev–Trinajstić information content (AvgIpc) is 2.46. The summed E-state index contributed by atoms with van der Waals surface area (Å²) in [5, 5.41) is 4.24. The SMILES string of the molecule is CCN1CCC(=NNC(=O)c2ccc(C)cc2)CC1. The quantitative estimate of drug-likeness (QED) is 0.846. The fraction of sp³-hybridized carbons (Fsp3) is 0.467. The molecule has 1 aliphatic rings. The van der Waals surface area contributed by atoms with Crippen LogP contribution in [0.25, 0.3) is 0 Å². The van der Waals surface area contributed by atoms with Crippen LogP contribution in [-0.2, 0) is 0 Å². The number of hydrogen-bond acceptors (Lipinski definition) is 3. The van der Waals surface area contributed by atoms with Crippen molar-refractivity contribution < 1.29 is 4.79 Å². The average molecular weight is 259 g/mol. The number of aryl methyl sites for hydroxylation is 1. The standard InChI is InChI=1S/C15H21N3O/c1-3-18-10-8-14(9-11-18)16-17-15(19)13-6-4-12(2)5-7-13/h4-7H,3,8-11H2,1-2H3,(H,17,19). The van der Waals surface area contributed by atoms with Crippen molar-refractivity contribution in [2.24, 2.45) is 5.10 Å². The van der Waals surface area contributed by atoms with Crippen LogP contribution in [0.4, 0.5) is 0 Å². The Bertz CT molecular complexity index is 455. The zero-order valence-electron chi connectivity index (χ0n) is 11.6. The summed E-state index contributed by atoms with van der Waals surface area (Å²) in [5.74, 6) is -0.134. The summed E-state index contributed by atoms with van der Waals surface area (Å²) in [7, 11) is 0. The Kier molecular flexibility index (Phi) is 4.68. The number of carbonyl (C=O) groups is 1. The predicted molar refractivity (Wildman–Crippen MR) is 77.4 cm³/mol. The Morgan fingerprint density at radius 1 is 1.26 bits per heavy atom. The molecule has 1 aromatic rings. The van der Waals surface area contributed by atoms with Crippen LogP contribution in [0.5, 0.6) is 0 Å². The van der Waals surface area contributed by atoms with Crippen LogP contribution < -0.4 is 5.43 Å². The van der Waals surface area contributed by atoms with Crippen LogP contribution in [0.15, 0.2) is 29.4 Å². The minimum atomic E-state index is -0.134. The van der Waals surface area contributed by atoms with Crippen LogP contribution >= 0.6 is 0 Å². The van der Waals surface area contributed by atoms with E-state index in [0.29, 0.717) is 5.56 Å². The first-order chi connectivity index (χ1) is 9.19. The number of nitrogens with zero attached hydrogens (tertiary/aromatic N) is 2. The zero-order chi connectivity index (χ0) is 13.7. The fourth-order valence-corrected chi connectivity index (χ4v) is 2.14. The third kappa shape index (κ3) is 3.89. The van der Waals surface area contributed by atoms with Crippen LogP contribution in [0.1, 0.15) is 35.7 Å². The summed E-state index contributed by atoms with van der Waals surface area (Å²) in [5.41, 5.74) is 5.54. The lowest BCUT2D eigenvalue weighted by molar-refractivity contribution is 0.0954. The molecule has 0 aromatic heterocycles. The first-order valence-corrected chi connectivity index (χ1v) is 6.84. The first-order valence-electron chi connectivity index (χ1n) is 6.84. The van der Waals surface area contributed by atoms with Gasteiger partial charge in [0.1, 0.15) is 0 Å². The molecule has 0 aliphatic carbocycles. The highest BCUT2D eigenvalue weighted by atomic mass is 16.2. The van der Waals surface area contributed by atoms with Gasteiger partial charge in [-0.1, -0.05) is 24.6 Å². The molecule has 0 radical (unpaired) electrons. The van der Waals surface area contributed by atoms with Crippen molar-refractivity contribution in [3.05, 3.63) is 35.4 Å². The second-order valence-electron chi connectivity index (χ2n) is 4.92. The summed E-state index contributed by atoms with van der Waals surface area (Å²) in [6.07, 6.45) is 1.89. The van der Waals surface area contributed by atoms with Crippen molar-refractivity contribution in [1.29, 1.82) is 0 Å². The monoisotopic (exact) mass is 259 g/mol. The highest BCUT2D eigenvalue weighted by Gasteiger charge is 2.13. The van der Waals surface area contributed by atoms with Gasteiger partial charge in [-0.15, -0.1) is 0 Å². The Labute approximate surface area is 114 Å². The van der Waals surface area contributed by atoms with Gasteiger partial charge in [0, 0.05) is 37.2 Å². The van der Waals surface area contributed by atoms with Crippen molar-refractivity contribution in [2.45, 2.75) is 26.7 Å². The highest BCUT2D eigenvalue weighted by Crippen LogP contribution is 2.07. The summed E-state index contributed by atoms with van der Waals surface area (Å²) in [6, 6.07) is 7.51. The van der Waals surface area contributed by atoms with E-state index in [2.05, 4.69) is 22.4 Å². The molecular formula is C15H21N3O. The molecule has 0 atom stereocenters. The van der Waals surface area contributed by atoms with E-state index < -0.39 is 0 Å². The second kappa shape index (κ2) is 6.48. The van der Waals surface area contributed by atoms with E-state index in [-0.39, 0.29) is 5.91 Å². The third-order valence-electron chi connectivity index (χ3n) is 3.51. The van der Waals surface area contributed by atoms with Gasteiger partial charge >= 0.3 is 0 Å². The number of nitrogens with one attached hydrogen (secondary N) is 1. The van der Waals surface area contributed by atoms with Gasteiger partial charge in [-0.2, -0.15) is 5.10 Å². The third-order valence-corrected chi connectivity index (χ3v) is 3.51. The molecular weight excluding hydrogens is 238 g/mol. The number of hydrogen-bond donors (Lipinski definition) is 1. The first kappa shape index (κ1) is 13.7. The van der Waals surface area contributed by atoms with Crippen molar-refractivity contribution in [1.82, 2.24) is 10.3 Å². The molecule has 2 rings (SSSR count). The minimum Gasteiger partial charge on any atom is -0.303 e. The molecule has 0 bridgehead atoms. The van der Waals surface area contributed by atoms with Gasteiger partial charge in [0.05, 0.1) is 0 Å². The molecule has 0 unspecified atom stereocenters. The van der Waals surface area contributed by atoms with Crippen LogP contribution in [0.2, 0.25) is 0 Å². The molecule has 102 valence electrons. The Morgan fingerprint density at radius 3 is 2.47 bits per heavy atom. The van der Waals surface area contributed by atoms with Crippen molar-refractivity contribution >= 4 is 11.6 Å². The maximum absolute atomic E-state index is 11.9. The molecule has 1 aromatic carbocycles. The lowest BCUT2D eigenvalue weighted by atomic mass is 10.1. The molecule has 0 spiro atoms. The summed E-state index contributed by atoms with van der Waals surface area (Å²) < 4.78 is 0. The van der Waals surface area contributed by atoms with Gasteiger partial charge in [0.2, 0.25) is 0 Å². The summed E-state index contributed by atoms with van der Waals surface area (Å²) >= 11 is 0. The predicted octanol–water partition coefficient (Wildman–Crippen LogP) is 2.20. The largest absolute Gasteiger partial charge is 0.303 e. The molecule has 4 nitrogen and oxygen atoms in total. The lowest BCUT2D eigenvalue weighted by Gasteiger charge is -2.25. The maximum atomic E-state index is 11.9. The van der Waals surface area contributed by atoms with Gasteiger partial charge in [-0.25, -0.2) is 5.43 Å². The number of rotatable bonds is 3. The molecule has 19 heavy (non-hydrogen) atoms. The van der Waals surface area contributed by atoms with E-state index in [9.17, 15) is 4.79 Å². The summed E-state index contributed by atoms with van der Waals surface area (Å²) in [6.45, 7) is 7.33. The highest BCUT2D eigenvalue weighted by molar-refractivity contribution is 5.95. The van der Waals surface area contributed by atoms with Gasteiger partial charge in [-0.05, 0) is 25.6 Å². The van der Waals surface area contributed by atoms with E-state index >= 15 is 0 Å². The number of likely N-dealkylation sites (tertiary alicyclic amines) is 1.